The Labute approximate surface area is 138 Å². The SMILES string of the molecule is CC(=O)Nc1nnc([C@H]2CC(=O)N(c3ccc(C)c(C)c3)C2)s1. The zero-order valence-corrected chi connectivity index (χ0v) is 14.1. The van der Waals surface area contributed by atoms with Crippen LogP contribution in [0, 0.1) is 13.8 Å². The Morgan fingerprint density at radius 2 is 2.09 bits per heavy atom. The van der Waals surface area contributed by atoms with E-state index in [0.29, 0.717) is 18.1 Å². The maximum Gasteiger partial charge on any atom is 0.227 e. The number of aromatic nitrogens is 2. The second-order valence-electron chi connectivity index (χ2n) is 5.80. The van der Waals surface area contributed by atoms with Crippen molar-refractivity contribution < 1.29 is 9.59 Å². The molecule has 2 amide bonds. The van der Waals surface area contributed by atoms with Crippen LogP contribution in [0.25, 0.3) is 0 Å². The summed E-state index contributed by atoms with van der Waals surface area (Å²) < 4.78 is 0. The molecule has 1 aliphatic rings. The topological polar surface area (TPSA) is 75.2 Å². The fraction of sp³-hybridized carbons (Fsp3) is 0.375. The summed E-state index contributed by atoms with van der Waals surface area (Å²) in [6, 6.07) is 6.05. The van der Waals surface area contributed by atoms with Crippen molar-refractivity contribution in [1.82, 2.24) is 10.2 Å². The normalized spacial score (nSPS) is 17.6. The van der Waals surface area contributed by atoms with Crippen molar-refractivity contribution in [3.63, 3.8) is 0 Å². The van der Waals surface area contributed by atoms with Gasteiger partial charge in [-0.3, -0.25) is 9.59 Å². The highest BCUT2D eigenvalue weighted by molar-refractivity contribution is 7.15. The van der Waals surface area contributed by atoms with Gasteiger partial charge in [0.2, 0.25) is 16.9 Å². The van der Waals surface area contributed by atoms with Gasteiger partial charge in [0.1, 0.15) is 5.01 Å². The van der Waals surface area contributed by atoms with Gasteiger partial charge in [-0.05, 0) is 37.1 Å². The average Bonchev–Trinajstić information content (AvgIpc) is 3.08. The number of rotatable bonds is 3. The Bertz CT molecular complexity index is 771. The van der Waals surface area contributed by atoms with Crippen molar-refractivity contribution in [3.8, 4) is 0 Å². The molecular formula is C16H18N4O2S. The lowest BCUT2D eigenvalue weighted by Gasteiger charge is -2.17. The zero-order valence-electron chi connectivity index (χ0n) is 13.3. The van der Waals surface area contributed by atoms with E-state index >= 15 is 0 Å². The summed E-state index contributed by atoms with van der Waals surface area (Å²) in [6.07, 6.45) is 0.418. The van der Waals surface area contributed by atoms with E-state index in [-0.39, 0.29) is 17.7 Å². The smallest absolute Gasteiger partial charge is 0.227 e. The summed E-state index contributed by atoms with van der Waals surface area (Å²) in [5, 5.41) is 12.0. The third kappa shape index (κ3) is 3.24. The number of carbonyl (C=O) groups excluding carboxylic acids is 2. The molecule has 3 rings (SSSR count). The number of hydrogen-bond donors (Lipinski definition) is 1. The Kier molecular flexibility index (Phi) is 4.12. The first-order chi connectivity index (χ1) is 10.9. The molecule has 0 unspecified atom stereocenters. The molecule has 1 fully saturated rings. The van der Waals surface area contributed by atoms with Gasteiger partial charge in [0, 0.05) is 31.5 Å². The summed E-state index contributed by atoms with van der Waals surface area (Å²) in [5.41, 5.74) is 3.30. The van der Waals surface area contributed by atoms with E-state index in [1.807, 2.05) is 25.1 Å². The molecular weight excluding hydrogens is 312 g/mol. The summed E-state index contributed by atoms with van der Waals surface area (Å²) in [6.45, 7) is 6.12. The summed E-state index contributed by atoms with van der Waals surface area (Å²) in [4.78, 5) is 25.2. The number of nitrogens with one attached hydrogen (secondary N) is 1. The molecule has 6 nitrogen and oxygen atoms in total. The lowest BCUT2D eigenvalue weighted by atomic mass is 10.1. The van der Waals surface area contributed by atoms with Gasteiger partial charge in [0.25, 0.3) is 0 Å². The molecule has 0 radical (unpaired) electrons. The minimum Gasteiger partial charge on any atom is -0.312 e. The molecule has 1 atom stereocenters. The number of nitrogens with zero attached hydrogens (tertiary/aromatic N) is 3. The predicted molar refractivity (Wildman–Crippen MR) is 89.8 cm³/mol. The second-order valence-corrected chi connectivity index (χ2v) is 6.81. The van der Waals surface area contributed by atoms with E-state index in [4.69, 9.17) is 0 Å². The third-order valence-corrected chi connectivity index (χ3v) is 5.00. The molecule has 2 heterocycles. The summed E-state index contributed by atoms with van der Waals surface area (Å²) >= 11 is 1.33. The number of anilines is 2. The molecule has 0 aliphatic carbocycles. The van der Waals surface area contributed by atoms with Crippen LogP contribution >= 0.6 is 11.3 Å². The highest BCUT2D eigenvalue weighted by atomic mass is 32.1. The van der Waals surface area contributed by atoms with Crippen LogP contribution in [0.4, 0.5) is 10.8 Å². The molecule has 1 saturated heterocycles. The molecule has 0 bridgehead atoms. The van der Waals surface area contributed by atoms with Crippen LogP contribution < -0.4 is 10.2 Å². The Morgan fingerprint density at radius 3 is 2.78 bits per heavy atom. The molecule has 120 valence electrons. The number of carbonyl (C=O) groups is 2. The number of benzene rings is 1. The molecule has 2 aromatic rings. The van der Waals surface area contributed by atoms with Gasteiger partial charge in [0.15, 0.2) is 0 Å². The van der Waals surface area contributed by atoms with Crippen LogP contribution in [0.3, 0.4) is 0 Å². The van der Waals surface area contributed by atoms with Crippen molar-refractivity contribution >= 4 is 34.0 Å². The van der Waals surface area contributed by atoms with Crippen LogP contribution in [-0.4, -0.2) is 28.6 Å². The van der Waals surface area contributed by atoms with Crippen molar-refractivity contribution in [2.45, 2.75) is 33.1 Å². The molecule has 7 heteroatoms. The molecule has 1 aromatic carbocycles. The van der Waals surface area contributed by atoms with Gasteiger partial charge in [-0.25, -0.2) is 0 Å². The van der Waals surface area contributed by atoms with Crippen molar-refractivity contribution in [2.24, 2.45) is 0 Å². The van der Waals surface area contributed by atoms with Crippen LogP contribution in [0.5, 0.6) is 0 Å². The van der Waals surface area contributed by atoms with Gasteiger partial charge < -0.3 is 10.2 Å². The molecule has 1 aliphatic heterocycles. The molecule has 0 saturated carbocycles. The van der Waals surface area contributed by atoms with Crippen LogP contribution in [-0.2, 0) is 9.59 Å². The van der Waals surface area contributed by atoms with Crippen LogP contribution in [0.1, 0.15) is 35.4 Å². The van der Waals surface area contributed by atoms with Crippen molar-refractivity contribution in [2.75, 3.05) is 16.8 Å². The monoisotopic (exact) mass is 330 g/mol. The molecule has 0 spiro atoms. The third-order valence-electron chi connectivity index (χ3n) is 4.00. The number of amides is 2. The van der Waals surface area contributed by atoms with Gasteiger partial charge in [-0.1, -0.05) is 17.4 Å². The summed E-state index contributed by atoms with van der Waals surface area (Å²) in [5.74, 6) is -0.0643. The van der Waals surface area contributed by atoms with Gasteiger partial charge in [-0.2, -0.15) is 0 Å². The maximum atomic E-state index is 12.4. The highest BCUT2D eigenvalue weighted by Crippen LogP contribution is 2.34. The van der Waals surface area contributed by atoms with Crippen molar-refractivity contribution in [3.05, 3.63) is 34.3 Å². The quantitative estimate of drug-likeness (QED) is 0.939. The van der Waals surface area contributed by atoms with E-state index in [9.17, 15) is 9.59 Å². The van der Waals surface area contributed by atoms with E-state index in [0.717, 1.165) is 10.7 Å². The first kappa shape index (κ1) is 15.6. The summed E-state index contributed by atoms with van der Waals surface area (Å²) in [7, 11) is 0. The lowest BCUT2D eigenvalue weighted by molar-refractivity contribution is -0.117. The Hall–Kier alpha value is -2.28. The fourth-order valence-electron chi connectivity index (χ4n) is 2.62. The van der Waals surface area contributed by atoms with Gasteiger partial charge in [0.05, 0.1) is 0 Å². The van der Waals surface area contributed by atoms with Crippen LogP contribution in [0.2, 0.25) is 0 Å². The van der Waals surface area contributed by atoms with Gasteiger partial charge in [-0.15, -0.1) is 10.2 Å². The van der Waals surface area contributed by atoms with Crippen molar-refractivity contribution in [1.29, 1.82) is 0 Å². The number of aryl methyl sites for hydroxylation is 2. The Balaban J connectivity index is 1.78. The fourth-order valence-corrected chi connectivity index (χ4v) is 3.50. The largest absolute Gasteiger partial charge is 0.312 e. The maximum absolute atomic E-state index is 12.4. The van der Waals surface area contributed by atoms with Gasteiger partial charge >= 0.3 is 0 Å². The average molecular weight is 330 g/mol. The molecule has 1 N–H and O–H groups in total. The highest BCUT2D eigenvalue weighted by Gasteiger charge is 2.34. The first-order valence-corrected chi connectivity index (χ1v) is 8.24. The minimum absolute atomic E-state index is 0.0177. The second kappa shape index (κ2) is 6.08. The molecule has 23 heavy (non-hydrogen) atoms. The number of hydrogen-bond acceptors (Lipinski definition) is 5. The predicted octanol–water partition coefficient (Wildman–Crippen LogP) is 2.63. The van der Waals surface area contributed by atoms with Crippen LogP contribution in [0.15, 0.2) is 18.2 Å². The molecule has 1 aromatic heterocycles. The van der Waals surface area contributed by atoms with E-state index < -0.39 is 0 Å². The lowest BCUT2D eigenvalue weighted by Crippen LogP contribution is -2.24. The zero-order chi connectivity index (χ0) is 16.6. The Morgan fingerprint density at radius 1 is 1.30 bits per heavy atom. The standard InChI is InChI=1S/C16H18N4O2S/c1-9-4-5-13(6-10(9)2)20-8-12(7-14(20)22)15-18-19-16(23-15)17-11(3)21/h4-6,12H,7-8H2,1-3H3,(H,17,19,21)/t12-/m0/s1. The first-order valence-electron chi connectivity index (χ1n) is 7.42. The van der Waals surface area contributed by atoms with E-state index in [2.05, 4.69) is 22.4 Å². The minimum atomic E-state index is -0.174. The van der Waals surface area contributed by atoms with E-state index in [1.54, 1.807) is 4.90 Å². The van der Waals surface area contributed by atoms with E-state index in [1.165, 1.54) is 29.4 Å².